The monoisotopic (exact) mass is 440 g/mol. The van der Waals surface area contributed by atoms with Crippen molar-refractivity contribution >= 4 is 23.3 Å². The van der Waals surface area contributed by atoms with E-state index in [0.717, 1.165) is 22.7 Å². The number of nitrogens with zero attached hydrogens (tertiary/aromatic N) is 3. The highest BCUT2D eigenvalue weighted by Gasteiger charge is 2.36. The summed E-state index contributed by atoms with van der Waals surface area (Å²) in [5.41, 5.74) is 1.97. The lowest BCUT2D eigenvalue weighted by atomic mass is 10.0. The van der Waals surface area contributed by atoms with E-state index in [-0.39, 0.29) is 17.5 Å². The maximum atomic E-state index is 13.4. The Morgan fingerprint density at radius 2 is 1.97 bits per heavy atom. The number of carbonyl (C=O) groups is 2. The van der Waals surface area contributed by atoms with Crippen LogP contribution in [0.5, 0.6) is 0 Å². The summed E-state index contributed by atoms with van der Waals surface area (Å²) in [5, 5.41) is 8.52. The highest BCUT2D eigenvalue weighted by molar-refractivity contribution is 7.03. The van der Waals surface area contributed by atoms with Crippen LogP contribution in [-0.2, 0) is 11.2 Å². The second kappa shape index (κ2) is 9.43. The van der Waals surface area contributed by atoms with Crippen LogP contribution < -0.4 is 5.32 Å². The first-order valence-corrected chi connectivity index (χ1v) is 11.0. The fourth-order valence-corrected chi connectivity index (χ4v) is 3.76. The minimum absolute atomic E-state index is 0.214. The molecule has 0 fully saturated rings. The molecule has 7 nitrogen and oxygen atoms in total. The fourth-order valence-electron chi connectivity index (χ4n) is 3.33. The topological polar surface area (TPSA) is 88.3 Å². The van der Waals surface area contributed by atoms with Crippen LogP contribution in [0, 0.1) is 13.8 Å². The largest absolute Gasteiger partial charge is 0.464 e. The summed E-state index contributed by atoms with van der Waals surface area (Å²) in [6.07, 6.45) is 0.587. The lowest BCUT2D eigenvalue weighted by molar-refractivity contribution is -0.128. The van der Waals surface area contributed by atoms with E-state index in [1.54, 1.807) is 17.5 Å². The quantitative estimate of drug-likeness (QED) is 0.598. The zero-order valence-electron chi connectivity index (χ0n) is 18.5. The van der Waals surface area contributed by atoms with E-state index in [0.29, 0.717) is 24.5 Å². The van der Waals surface area contributed by atoms with Gasteiger partial charge in [0.1, 0.15) is 11.5 Å². The Kier molecular flexibility index (Phi) is 6.90. The van der Waals surface area contributed by atoms with E-state index in [9.17, 15) is 9.59 Å². The Hall–Kier alpha value is -3.00. The van der Waals surface area contributed by atoms with E-state index >= 15 is 0 Å². The molecule has 8 heteroatoms. The first kappa shape index (κ1) is 22.7. The zero-order chi connectivity index (χ0) is 22.6. The van der Waals surface area contributed by atoms with Gasteiger partial charge >= 0.3 is 0 Å². The Labute approximate surface area is 186 Å². The number of nitrogens with one attached hydrogen (secondary N) is 1. The van der Waals surface area contributed by atoms with Crippen molar-refractivity contribution in [3.05, 3.63) is 70.1 Å². The summed E-state index contributed by atoms with van der Waals surface area (Å²) in [4.78, 5) is 28.3. The van der Waals surface area contributed by atoms with Gasteiger partial charge in [-0.05, 0) is 70.3 Å². The van der Waals surface area contributed by atoms with Crippen LogP contribution in [0.15, 0.2) is 46.2 Å². The molecule has 2 aromatic heterocycles. The van der Waals surface area contributed by atoms with Gasteiger partial charge in [0.05, 0.1) is 0 Å². The third-order valence-corrected chi connectivity index (χ3v) is 5.16. The Morgan fingerprint density at radius 3 is 2.55 bits per heavy atom. The molecule has 1 atom stereocenters. The third-order valence-electron chi connectivity index (χ3n) is 4.65. The molecule has 1 N–H and O–H groups in total. The van der Waals surface area contributed by atoms with Crippen LogP contribution in [0.25, 0.3) is 0 Å². The minimum Gasteiger partial charge on any atom is -0.464 e. The fraction of sp³-hybridized carbons (Fsp3) is 0.391. The molecule has 0 radical (unpaired) electrons. The summed E-state index contributed by atoms with van der Waals surface area (Å²) in [7, 11) is 0. The normalized spacial score (nSPS) is 12.4. The maximum absolute atomic E-state index is 13.4. The van der Waals surface area contributed by atoms with Gasteiger partial charge in [0.2, 0.25) is 0 Å². The van der Waals surface area contributed by atoms with Gasteiger partial charge in [-0.25, -0.2) is 0 Å². The van der Waals surface area contributed by atoms with Crippen molar-refractivity contribution in [3.63, 3.8) is 0 Å². The summed E-state index contributed by atoms with van der Waals surface area (Å²) < 4.78 is 9.63. The zero-order valence-corrected chi connectivity index (χ0v) is 19.3. The van der Waals surface area contributed by atoms with Crippen molar-refractivity contribution in [2.45, 2.75) is 52.6 Å². The SMILES string of the molecule is Cc1cccc(CCN(C(=O)c2csnn2)[C@@H](C(=O)NC(C)(C)C)c2ccc(C)o2)c1. The average molecular weight is 441 g/mol. The number of carbonyl (C=O) groups excluding carboxylic acids is 2. The van der Waals surface area contributed by atoms with E-state index in [1.807, 2.05) is 52.8 Å². The number of hydrogen-bond donors (Lipinski definition) is 1. The number of aromatic nitrogens is 2. The van der Waals surface area contributed by atoms with Crippen molar-refractivity contribution < 1.29 is 14.0 Å². The molecule has 0 saturated carbocycles. The van der Waals surface area contributed by atoms with Gasteiger partial charge in [0, 0.05) is 17.5 Å². The molecule has 3 rings (SSSR count). The number of benzene rings is 1. The minimum atomic E-state index is -0.924. The van der Waals surface area contributed by atoms with Crippen molar-refractivity contribution in [3.8, 4) is 0 Å². The molecule has 0 aliphatic rings. The number of hydrogen-bond acceptors (Lipinski definition) is 6. The van der Waals surface area contributed by atoms with Gasteiger partial charge in [-0.3, -0.25) is 9.59 Å². The molecule has 0 bridgehead atoms. The summed E-state index contributed by atoms with van der Waals surface area (Å²) in [6, 6.07) is 10.7. The highest BCUT2D eigenvalue weighted by atomic mass is 32.1. The van der Waals surface area contributed by atoms with Crippen LogP contribution in [-0.4, -0.2) is 38.4 Å². The summed E-state index contributed by atoms with van der Waals surface area (Å²) in [5.74, 6) is 0.428. The molecule has 2 heterocycles. The predicted octanol–water partition coefficient (Wildman–Crippen LogP) is 4.09. The number of amides is 2. The standard InChI is InChI=1S/C23H28N4O3S/c1-15-7-6-8-17(13-15)11-12-27(22(29)18-14-31-26-25-18)20(19-10-9-16(2)30-19)21(28)24-23(3,4)5/h6-10,13-14,20H,11-12H2,1-5H3,(H,24,28)/t20-/m1/s1. The van der Waals surface area contributed by atoms with Gasteiger partial charge < -0.3 is 14.6 Å². The van der Waals surface area contributed by atoms with Crippen LogP contribution in [0.3, 0.4) is 0 Å². The molecule has 2 amide bonds. The third kappa shape index (κ3) is 6.01. The highest BCUT2D eigenvalue weighted by Crippen LogP contribution is 2.26. The lowest BCUT2D eigenvalue weighted by Gasteiger charge is -2.32. The van der Waals surface area contributed by atoms with Gasteiger partial charge in [-0.15, -0.1) is 5.10 Å². The van der Waals surface area contributed by atoms with Gasteiger partial charge in [0.25, 0.3) is 11.8 Å². The number of rotatable bonds is 7. The maximum Gasteiger partial charge on any atom is 0.276 e. The molecule has 0 spiro atoms. The van der Waals surface area contributed by atoms with Crippen LogP contribution >= 0.6 is 11.5 Å². The lowest BCUT2D eigenvalue weighted by Crippen LogP contribution is -2.49. The first-order valence-electron chi connectivity index (χ1n) is 10.2. The van der Waals surface area contributed by atoms with Crippen LogP contribution in [0.2, 0.25) is 0 Å². The van der Waals surface area contributed by atoms with E-state index in [1.165, 1.54) is 4.90 Å². The number of furan rings is 1. The summed E-state index contributed by atoms with van der Waals surface area (Å²) in [6.45, 7) is 9.86. The number of aryl methyl sites for hydroxylation is 2. The molecule has 3 aromatic rings. The van der Waals surface area contributed by atoms with E-state index < -0.39 is 11.6 Å². The molecule has 31 heavy (non-hydrogen) atoms. The molecule has 0 unspecified atom stereocenters. The molecule has 164 valence electrons. The Morgan fingerprint density at radius 1 is 1.19 bits per heavy atom. The first-order chi connectivity index (χ1) is 14.6. The van der Waals surface area contributed by atoms with Crippen LogP contribution in [0.4, 0.5) is 0 Å². The van der Waals surface area contributed by atoms with Crippen molar-refractivity contribution in [2.75, 3.05) is 6.54 Å². The van der Waals surface area contributed by atoms with E-state index in [2.05, 4.69) is 21.0 Å². The summed E-state index contributed by atoms with van der Waals surface area (Å²) >= 11 is 1.10. The predicted molar refractivity (Wildman–Crippen MR) is 120 cm³/mol. The van der Waals surface area contributed by atoms with Crippen molar-refractivity contribution in [1.82, 2.24) is 19.8 Å². The Bertz CT molecular complexity index is 1040. The average Bonchev–Trinajstić information content (AvgIpc) is 3.35. The molecule has 0 saturated heterocycles. The van der Waals surface area contributed by atoms with Crippen LogP contribution in [0.1, 0.15) is 59.9 Å². The Balaban J connectivity index is 1.99. The molecule has 0 aliphatic carbocycles. The van der Waals surface area contributed by atoms with E-state index in [4.69, 9.17) is 4.42 Å². The second-order valence-corrected chi connectivity index (χ2v) is 9.23. The van der Waals surface area contributed by atoms with Gasteiger partial charge in [0.15, 0.2) is 11.7 Å². The van der Waals surface area contributed by atoms with Crippen molar-refractivity contribution in [1.29, 1.82) is 0 Å². The van der Waals surface area contributed by atoms with Gasteiger partial charge in [-0.2, -0.15) is 0 Å². The van der Waals surface area contributed by atoms with Crippen molar-refractivity contribution in [2.24, 2.45) is 0 Å². The molecule has 0 aliphatic heterocycles. The molecule has 1 aromatic carbocycles. The molecular weight excluding hydrogens is 412 g/mol. The smallest absolute Gasteiger partial charge is 0.276 e. The molecular formula is C23H28N4O3S. The van der Waals surface area contributed by atoms with Gasteiger partial charge in [-0.1, -0.05) is 34.3 Å². The second-order valence-electron chi connectivity index (χ2n) is 8.62.